The van der Waals surface area contributed by atoms with Gasteiger partial charge in [0.2, 0.25) is 0 Å². The Balaban J connectivity index is -0.0000000450. The van der Waals surface area contributed by atoms with Crippen LogP contribution in [0, 0.1) is 0 Å². The van der Waals surface area contributed by atoms with Gasteiger partial charge in [0.05, 0.1) is 0 Å². The van der Waals surface area contributed by atoms with Crippen molar-refractivity contribution in [2.45, 2.75) is 0 Å². The van der Waals surface area contributed by atoms with Crippen LogP contribution in [0.3, 0.4) is 0 Å². The Morgan fingerprint density at radius 1 is 1.33 bits per heavy atom. The van der Waals surface area contributed by atoms with Crippen LogP contribution in [-0.4, -0.2) is 41.8 Å². The normalized spacial score (nSPS) is 4.00. The van der Waals surface area contributed by atoms with E-state index in [4.69, 9.17) is 14.1 Å². The molecular weight excluding hydrogens is 192 g/mol. The summed E-state index contributed by atoms with van der Waals surface area (Å²) in [6.07, 6.45) is 0. The van der Waals surface area contributed by atoms with Crippen molar-refractivity contribution in [3.8, 4) is 0 Å². The molecule has 0 aliphatic heterocycles. The molecule has 0 radical (unpaired) electrons. The Bertz CT molecular complexity index is 33.8. The van der Waals surface area contributed by atoms with Gasteiger partial charge < -0.3 is 9.59 Å². The molecule has 0 aromatic heterocycles. The molecule has 0 saturated heterocycles. The SMILES string of the molecule is O=[Si](O)O.[MgH2].[Zr]. The van der Waals surface area contributed by atoms with E-state index in [0.717, 1.165) is 0 Å². The quantitative estimate of drug-likeness (QED) is 0.419. The van der Waals surface area contributed by atoms with Gasteiger partial charge in [-0.3, -0.25) is 4.46 Å². The maximum atomic E-state index is 8.74. The molecule has 0 fully saturated rings. The molecule has 3 nitrogen and oxygen atoms in total. The van der Waals surface area contributed by atoms with Crippen molar-refractivity contribution in [1.29, 1.82) is 0 Å². The molecule has 0 unspecified atom stereocenters. The summed E-state index contributed by atoms with van der Waals surface area (Å²) >= 11 is 0. The molecule has 0 aromatic carbocycles. The van der Waals surface area contributed by atoms with E-state index < -0.39 is 9.17 Å². The zero-order chi connectivity index (χ0) is 3.58. The van der Waals surface area contributed by atoms with Crippen LogP contribution in [0.25, 0.3) is 0 Å². The summed E-state index contributed by atoms with van der Waals surface area (Å²) in [6, 6.07) is 0. The molecule has 6 heteroatoms. The third-order valence-corrected chi connectivity index (χ3v) is 0. The van der Waals surface area contributed by atoms with Gasteiger partial charge >= 0.3 is 32.2 Å². The minimum Gasteiger partial charge on any atom is -0.511 e. The Hall–Kier alpha value is 1.27. The van der Waals surface area contributed by atoms with Gasteiger partial charge in [-0.15, -0.1) is 0 Å². The van der Waals surface area contributed by atoms with Crippen LogP contribution in [0.5, 0.6) is 0 Å². The van der Waals surface area contributed by atoms with Crippen molar-refractivity contribution in [3.63, 3.8) is 0 Å². The maximum absolute atomic E-state index is 8.74. The number of rotatable bonds is 0. The fourth-order valence-electron chi connectivity index (χ4n) is 0. The molecule has 0 amide bonds. The van der Waals surface area contributed by atoms with E-state index >= 15 is 0 Å². The van der Waals surface area contributed by atoms with Crippen LogP contribution in [-0.2, 0) is 30.7 Å². The molecule has 0 saturated carbocycles. The Morgan fingerprint density at radius 2 is 1.33 bits per heavy atom. The summed E-state index contributed by atoms with van der Waals surface area (Å²) < 4.78 is 8.74. The van der Waals surface area contributed by atoms with E-state index in [1.165, 1.54) is 0 Å². The van der Waals surface area contributed by atoms with Gasteiger partial charge in [-0.05, 0) is 0 Å². The summed E-state index contributed by atoms with van der Waals surface area (Å²) in [6.45, 7) is 0. The molecule has 0 bridgehead atoms. The van der Waals surface area contributed by atoms with E-state index in [2.05, 4.69) is 0 Å². The first-order chi connectivity index (χ1) is 1.73. The van der Waals surface area contributed by atoms with Crippen LogP contribution in [0.4, 0.5) is 0 Å². The van der Waals surface area contributed by atoms with Crippen molar-refractivity contribution in [1.82, 2.24) is 0 Å². The molecule has 0 spiro atoms. The fourth-order valence-corrected chi connectivity index (χ4v) is 0. The monoisotopic (exact) mass is 194 g/mol. The van der Waals surface area contributed by atoms with Gasteiger partial charge in [-0.2, -0.15) is 0 Å². The first-order valence-electron chi connectivity index (χ1n) is 0.651. The van der Waals surface area contributed by atoms with E-state index in [1.54, 1.807) is 0 Å². The Labute approximate surface area is 71.9 Å². The molecule has 0 heterocycles. The van der Waals surface area contributed by atoms with Crippen molar-refractivity contribution >= 4 is 32.2 Å². The van der Waals surface area contributed by atoms with Crippen LogP contribution < -0.4 is 0 Å². The van der Waals surface area contributed by atoms with Crippen LogP contribution >= 0.6 is 0 Å². The molecule has 0 rings (SSSR count). The third kappa shape index (κ3) is 59.8. The topological polar surface area (TPSA) is 57.5 Å². The van der Waals surface area contributed by atoms with Crippen molar-refractivity contribution in [2.75, 3.05) is 0 Å². The predicted octanol–water partition coefficient (Wildman–Crippen LogP) is -2.53. The standard InChI is InChI=1S/Mg.H2O3Si.Zr.2H/c;1-4(2)3;;;/h;1-2H;;;. The molecule has 0 atom stereocenters. The molecule has 2 N–H and O–H groups in total. The smallest absolute Gasteiger partial charge is 0.511 e. The minimum absolute atomic E-state index is 0. The largest absolute Gasteiger partial charge is 0.761 e. The van der Waals surface area contributed by atoms with E-state index in [-0.39, 0.29) is 49.3 Å². The van der Waals surface area contributed by atoms with Crippen molar-refractivity contribution < 1.29 is 40.3 Å². The van der Waals surface area contributed by atoms with Crippen LogP contribution in [0.2, 0.25) is 0 Å². The van der Waals surface area contributed by atoms with Gasteiger partial charge in [0, 0.05) is 26.2 Å². The molecule has 0 aliphatic rings. The second-order valence-corrected chi connectivity index (χ2v) is 0.848. The zero-order valence-corrected chi connectivity index (χ0v) is 5.76. The fraction of sp³-hybridized carbons (Fsp3) is 0. The first-order valence-corrected chi connectivity index (χ1v) is 1.95. The Kier molecular flexibility index (Phi) is 24.9. The molecule has 32 valence electrons. The van der Waals surface area contributed by atoms with Gasteiger partial charge in [0.15, 0.2) is 0 Å². The Morgan fingerprint density at radius 3 is 1.33 bits per heavy atom. The van der Waals surface area contributed by atoms with Gasteiger partial charge in [0.1, 0.15) is 0 Å². The predicted molar refractivity (Wildman–Crippen MR) is 19.4 cm³/mol. The average molecular weight is 196 g/mol. The second-order valence-electron chi connectivity index (χ2n) is 0.283. The van der Waals surface area contributed by atoms with Crippen molar-refractivity contribution in [2.24, 2.45) is 0 Å². The van der Waals surface area contributed by atoms with Crippen molar-refractivity contribution in [3.05, 3.63) is 0 Å². The maximum Gasteiger partial charge on any atom is 0.761 e. The zero-order valence-electron chi connectivity index (χ0n) is 2.30. The van der Waals surface area contributed by atoms with E-state index in [1.807, 2.05) is 0 Å². The summed E-state index contributed by atoms with van der Waals surface area (Å²) in [5.74, 6) is 0. The minimum atomic E-state index is -3.13. The molecular formula is H4MgO3SiZr. The summed E-state index contributed by atoms with van der Waals surface area (Å²) in [5.41, 5.74) is 0. The number of hydrogen-bond donors (Lipinski definition) is 2. The van der Waals surface area contributed by atoms with Crippen LogP contribution in [0.15, 0.2) is 0 Å². The van der Waals surface area contributed by atoms with E-state index in [9.17, 15) is 0 Å². The third-order valence-electron chi connectivity index (χ3n) is 0. The van der Waals surface area contributed by atoms with E-state index in [0.29, 0.717) is 0 Å². The summed E-state index contributed by atoms with van der Waals surface area (Å²) in [5, 5.41) is 0. The molecule has 0 aromatic rings. The first kappa shape index (κ1) is 15.7. The molecule has 6 heavy (non-hydrogen) atoms. The second kappa shape index (κ2) is 9.55. The number of hydrogen-bond acceptors (Lipinski definition) is 1. The average Bonchev–Trinajstić information content (AvgIpc) is 0.811. The van der Waals surface area contributed by atoms with Gasteiger partial charge in [-0.1, -0.05) is 0 Å². The molecule has 0 aliphatic carbocycles. The van der Waals surface area contributed by atoms with Crippen LogP contribution in [0.1, 0.15) is 0 Å². The summed E-state index contributed by atoms with van der Waals surface area (Å²) in [7, 11) is -3.13. The van der Waals surface area contributed by atoms with Gasteiger partial charge in [-0.25, -0.2) is 0 Å². The summed E-state index contributed by atoms with van der Waals surface area (Å²) in [4.78, 5) is 14.3. The van der Waals surface area contributed by atoms with Gasteiger partial charge in [0.25, 0.3) is 0 Å².